The Morgan fingerprint density at radius 2 is 2.16 bits per heavy atom. The Morgan fingerprint density at radius 3 is 2.94 bits per heavy atom. The smallest absolute Gasteiger partial charge is 0.265 e. The van der Waals surface area contributed by atoms with Crippen molar-refractivity contribution in [1.29, 1.82) is 0 Å². The summed E-state index contributed by atoms with van der Waals surface area (Å²) in [5.41, 5.74) is 9.76. The molecule has 0 fully saturated rings. The molecule has 2 aromatic heterocycles. The van der Waals surface area contributed by atoms with Crippen molar-refractivity contribution < 1.29 is 0 Å². The van der Waals surface area contributed by atoms with E-state index in [1.807, 2.05) is 6.21 Å². The first-order valence-electron chi connectivity index (χ1n) is 11.3. The van der Waals surface area contributed by atoms with Gasteiger partial charge in [-0.3, -0.25) is 0 Å². The van der Waals surface area contributed by atoms with Gasteiger partial charge >= 0.3 is 0 Å². The molecule has 0 unspecified atom stereocenters. The van der Waals surface area contributed by atoms with Gasteiger partial charge in [0.1, 0.15) is 5.52 Å². The molecule has 0 saturated carbocycles. The first kappa shape index (κ1) is 21.2. The molecule has 2 heterocycles. The van der Waals surface area contributed by atoms with Gasteiger partial charge in [-0.05, 0) is 69.6 Å². The number of aromatic amines is 1. The number of anilines is 1. The number of allylic oxidation sites excluding steroid dienone is 4. The lowest BCUT2D eigenvalue weighted by Crippen LogP contribution is -2.18. The van der Waals surface area contributed by atoms with Crippen molar-refractivity contribution in [2.45, 2.75) is 59.8 Å². The summed E-state index contributed by atoms with van der Waals surface area (Å²) in [6, 6.07) is 6.36. The molecular formula is C25H32N6. The highest BCUT2D eigenvalue weighted by Gasteiger charge is 2.20. The van der Waals surface area contributed by atoms with Gasteiger partial charge in [-0.15, -0.1) is 10.2 Å². The highest BCUT2D eigenvalue weighted by atomic mass is 15.4. The van der Waals surface area contributed by atoms with E-state index >= 15 is 0 Å². The number of benzene rings is 1. The lowest BCUT2D eigenvalue weighted by molar-refractivity contribution is 0.431. The van der Waals surface area contributed by atoms with Crippen LogP contribution in [0.2, 0.25) is 0 Å². The SMILES string of the molecule is CCc1ccc2[nH]c3nc(N/N=C\[C@H]4CC=C(CCC=C(C)C)C[C@@H]4C)nnc3c2c1. The topological polar surface area (TPSA) is 78.9 Å². The molecule has 3 aromatic rings. The molecule has 4 rings (SSSR count). The van der Waals surface area contributed by atoms with Crippen molar-refractivity contribution in [2.24, 2.45) is 16.9 Å². The first-order chi connectivity index (χ1) is 15.0. The maximum Gasteiger partial charge on any atom is 0.265 e. The third kappa shape index (κ3) is 5.01. The van der Waals surface area contributed by atoms with Gasteiger partial charge in [-0.1, -0.05) is 43.2 Å². The van der Waals surface area contributed by atoms with Gasteiger partial charge in [-0.25, -0.2) is 5.43 Å². The highest BCUT2D eigenvalue weighted by Crippen LogP contribution is 2.30. The monoisotopic (exact) mass is 416 g/mol. The molecule has 2 N–H and O–H groups in total. The van der Waals surface area contributed by atoms with Crippen molar-refractivity contribution in [2.75, 3.05) is 5.43 Å². The molecule has 6 heteroatoms. The zero-order valence-corrected chi connectivity index (χ0v) is 18.9. The molecule has 1 aliphatic rings. The molecular weight excluding hydrogens is 384 g/mol. The fourth-order valence-electron chi connectivity index (χ4n) is 4.22. The summed E-state index contributed by atoms with van der Waals surface area (Å²) < 4.78 is 0. The van der Waals surface area contributed by atoms with Gasteiger partial charge in [0.25, 0.3) is 5.95 Å². The molecule has 31 heavy (non-hydrogen) atoms. The minimum Gasteiger partial charge on any atom is -0.338 e. The molecule has 0 spiro atoms. The van der Waals surface area contributed by atoms with Crippen LogP contribution in [0.1, 0.15) is 58.9 Å². The average Bonchev–Trinajstić information content (AvgIpc) is 3.12. The molecule has 0 amide bonds. The molecule has 6 nitrogen and oxygen atoms in total. The Balaban J connectivity index is 1.40. The lowest BCUT2D eigenvalue weighted by atomic mass is 9.80. The largest absolute Gasteiger partial charge is 0.338 e. The van der Waals surface area contributed by atoms with E-state index in [1.54, 1.807) is 5.57 Å². The number of nitrogens with one attached hydrogen (secondary N) is 2. The van der Waals surface area contributed by atoms with Gasteiger partial charge in [0, 0.05) is 23.0 Å². The van der Waals surface area contributed by atoms with E-state index in [1.165, 1.54) is 17.6 Å². The molecule has 0 aliphatic heterocycles. The third-order valence-electron chi connectivity index (χ3n) is 6.13. The van der Waals surface area contributed by atoms with Crippen LogP contribution >= 0.6 is 0 Å². The van der Waals surface area contributed by atoms with Crippen molar-refractivity contribution in [1.82, 2.24) is 20.2 Å². The van der Waals surface area contributed by atoms with E-state index in [9.17, 15) is 0 Å². The van der Waals surface area contributed by atoms with Crippen molar-refractivity contribution in [3.63, 3.8) is 0 Å². The molecule has 2 atom stereocenters. The van der Waals surface area contributed by atoms with E-state index in [4.69, 9.17) is 0 Å². The van der Waals surface area contributed by atoms with E-state index in [0.717, 1.165) is 47.8 Å². The maximum atomic E-state index is 4.56. The number of hydrazone groups is 1. The molecule has 0 bridgehead atoms. The number of nitrogens with zero attached hydrogens (tertiary/aromatic N) is 4. The summed E-state index contributed by atoms with van der Waals surface area (Å²) in [6.07, 6.45) is 12.2. The van der Waals surface area contributed by atoms with Gasteiger partial charge < -0.3 is 4.98 Å². The molecule has 1 aliphatic carbocycles. The number of rotatable bonds is 7. The molecule has 162 valence electrons. The van der Waals surface area contributed by atoms with Crippen LogP contribution in [0.15, 0.2) is 46.6 Å². The first-order valence-corrected chi connectivity index (χ1v) is 11.3. The molecule has 0 saturated heterocycles. The molecule has 0 radical (unpaired) electrons. The summed E-state index contributed by atoms with van der Waals surface area (Å²) >= 11 is 0. The normalized spacial score (nSPS) is 19.2. The van der Waals surface area contributed by atoms with Crippen LogP contribution in [0.25, 0.3) is 22.1 Å². The van der Waals surface area contributed by atoms with Crippen LogP contribution in [-0.2, 0) is 6.42 Å². The Kier molecular flexibility index (Phi) is 6.44. The number of hydrogen-bond acceptors (Lipinski definition) is 5. The Morgan fingerprint density at radius 1 is 1.29 bits per heavy atom. The van der Waals surface area contributed by atoms with E-state index in [0.29, 0.717) is 17.8 Å². The lowest BCUT2D eigenvalue weighted by Gasteiger charge is -2.25. The van der Waals surface area contributed by atoms with Crippen LogP contribution < -0.4 is 5.43 Å². The van der Waals surface area contributed by atoms with Crippen molar-refractivity contribution in [3.8, 4) is 0 Å². The Labute approximate surface area is 184 Å². The highest BCUT2D eigenvalue weighted by molar-refractivity contribution is 6.03. The van der Waals surface area contributed by atoms with E-state index < -0.39 is 0 Å². The average molecular weight is 417 g/mol. The standard InChI is InChI=1S/C25H32N6/c1-5-18-10-12-22-21(14-18)23-24(27-22)28-25(31-29-23)30-26-15-20-11-9-19(13-17(20)4)8-6-7-16(2)3/h7,9-10,12,14-15,17,20H,5-6,8,11,13H2,1-4H3,(H2,27,28,30,31)/b26-15-/t17-,20+/m0/s1. The van der Waals surface area contributed by atoms with E-state index in [2.05, 4.69) is 88.7 Å². The number of aromatic nitrogens is 4. The number of fused-ring (bicyclic) bond motifs is 3. The minimum absolute atomic E-state index is 0.410. The van der Waals surface area contributed by atoms with Gasteiger partial charge in [0.2, 0.25) is 0 Å². The van der Waals surface area contributed by atoms with Crippen LogP contribution in [0.5, 0.6) is 0 Å². The van der Waals surface area contributed by atoms with Crippen LogP contribution in [0.4, 0.5) is 5.95 Å². The molecule has 1 aromatic carbocycles. The van der Waals surface area contributed by atoms with E-state index in [-0.39, 0.29) is 0 Å². The number of aryl methyl sites for hydroxylation is 1. The zero-order valence-electron chi connectivity index (χ0n) is 18.9. The minimum atomic E-state index is 0.410. The van der Waals surface area contributed by atoms with Crippen LogP contribution in [0, 0.1) is 11.8 Å². The number of hydrogen-bond donors (Lipinski definition) is 2. The quantitative estimate of drug-likeness (QED) is 0.274. The second-order valence-corrected chi connectivity index (χ2v) is 8.84. The summed E-state index contributed by atoms with van der Waals surface area (Å²) in [6.45, 7) is 8.78. The summed E-state index contributed by atoms with van der Waals surface area (Å²) in [4.78, 5) is 7.89. The fourth-order valence-corrected chi connectivity index (χ4v) is 4.22. The Hall–Kier alpha value is -3.02. The summed E-state index contributed by atoms with van der Waals surface area (Å²) in [5.74, 6) is 1.42. The van der Waals surface area contributed by atoms with Crippen molar-refractivity contribution in [3.05, 3.63) is 47.1 Å². The van der Waals surface area contributed by atoms with Gasteiger partial charge in [0.15, 0.2) is 5.65 Å². The second-order valence-electron chi connectivity index (χ2n) is 8.84. The van der Waals surface area contributed by atoms with Gasteiger partial charge in [0.05, 0.1) is 0 Å². The predicted octanol–water partition coefficient (Wildman–Crippen LogP) is 6.19. The van der Waals surface area contributed by atoms with Crippen LogP contribution in [0.3, 0.4) is 0 Å². The maximum absolute atomic E-state index is 4.56. The third-order valence-corrected chi connectivity index (χ3v) is 6.13. The summed E-state index contributed by atoms with van der Waals surface area (Å²) in [5, 5.41) is 14.1. The van der Waals surface area contributed by atoms with Crippen molar-refractivity contribution >= 4 is 34.2 Å². The predicted molar refractivity (Wildman–Crippen MR) is 129 cm³/mol. The summed E-state index contributed by atoms with van der Waals surface area (Å²) in [7, 11) is 0. The number of H-pyrrole nitrogens is 1. The Bertz CT molecular complexity index is 1150. The van der Waals surface area contributed by atoms with Crippen LogP contribution in [-0.4, -0.2) is 26.4 Å². The zero-order chi connectivity index (χ0) is 21.8. The van der Waals surface area contributed by atoms with Gasteiger partial charge in [-0.2, -0.15) is 10.1 Å². The fraction of sp³-hybridized carbons (Fsp3) is 0.440. The second kappa shape index (κ2) is 9.41.